The molecule has 0 unspecified atom stereocenters. The largest absolute Gasteiger partial charge is 0.368 e. The lowest BCUT2D eigenvalue weighted by Crippen LogP contribution is -2.26. The summed E-state index contributed by atoms with van der Waals surface area (Å²) in [4.78, 5) is 25.2. The number of sulfonamides is 1. The summed E-state index contributed by atoms with van der Waals surface area (Å²) in [5, 5.41) is 0. The van der Waals surface area contributed by atoms with Crippen LogP contribution < -0.4 is 16.0 Å². The fourth-order valence-electron chi connectivity index (χ4n) is 3.66. The van der Waals surface area contributed by atoms with Crippen molar-refractivity contribution in [3.63, 3.8) is 0 Å². The molecule has 2 heterocycles. The molecule has 4 rings (SSSR count). The van der Waals surface area contributed by atoms with Gasteiger partial charge in [-0.25, -0.2) is 35.9 Å². The number of benzene rings is 2. The standard InChI is InChI=1S/C23H20F4N6O3S/c1-11(2)33-21-17(9-29-23(28)31-21)30-18(22(33)34)14-7-15(24)19(16(25)8-14)32-37(35,36)10-12-3-5-13(6-4-12)20(26)27/h3-9,11,20,32H,10H2,1-2H3,(H2,28,29,31). The van der Waals surface area contributed by atoms with Crippen LogP contribution >= 0.6 is 0 Å². The summed E-state index contributed by atoms with van der Waals surface area (Å²) < 4.78 is 83.4. The number of anilines is 2. The van der Waals surface area contributed by atoms with E-state index in [9.17, 15) is 30.8 Å². The molecule has 9 nitrogen and oxygen atoms in total. The molecular formula is C23H20F4N6O3S. The summed E-state index contributed by atoms with van der Waals surface area (Å²) in [6.07, 6.45) is -1.46. The van der Waals surface area contributed by atoms with Gasteiger partial charge in [0, 0.05) is 17.2 Å². The van der Waals surface area contributed by atoms with Gasteiger partial charge in [-0.2, -0.15) is 4.98 Å². The van der Waals surface area contributed by atoms with E-state index >= 15 is 0 Å². The number of nitrogens with zero attached hydrogens (tertiary/aromatic N) is 4. The van der Waals surface area contributed by atoms with Crippen molar-refractivity contribution in [2.45, 2.75) is 32.1 Å². The highest BCUT2D eigenvalue weighted by molar-refractivity contribution is 7.91. The van der Waals surface area contributed by atoms with Crippen molar-refractivity contribution in [2.75, 3.05) is 10.5 Å². The van der Waals surface area contributed by atoms with Gasteiger partial charge in [-0.1, -0.05) is 24.3 Å². The van der Waals surface area contributed by atoms with Crippen LogP contribution in [0.25, 0.3) is 22.4 Å². The van der Waals surface area contributed by atoms with Gasteiger partial charge in [0.05, 0.1) is 11.9 Å². The highest BCUT2D eigenvalue weighted by Crippen LogP contribution is 2.28. The molecule has 0 atom stereocenters. The quantitative estimate of drug-likeness (QED) is 0.339. The molecule has 0 aliphatic rings. The topological polar surface area (TPSA) is 133 Å². The van der Waals surface area contributed by atoms with Crippen molar-refractivity contribution in [3.05, 3.63) is 75.7 Å². The van der Waals surface area contributed by atoms with Crippen molar-refractivity contribution in [2.24, 2.45) is 0 Å². The van der Waals surface area contributed by atoms with Gasteiger partial charge in [-0.05, 0) is 31.5 Å². The monoisotopic (exact) mass is 536 g/mol. The Morgan fingerprint density at radius 2 is 1.68 bits per heavy atom. The number of alkyl halides is 2. The predicted molar refractivity (Wildman–Crippen MR) is 129 cm³/mol. The number of rotatable bonds is 7. The Labute approximate surface area is 208 Å². The van der Waals surface area contributed by atoms with Gasteiger partial charge in [0.1, 0.15) is 16.9 Å². The Balaban J connectivity index is 1.70. The number of aromatic nitrogens is 4. The average molecular weight is 537 g/mol. The van der Waals surface area contributed by atoms with Crippen LogP contribution in [0.4, 0.5) is 29.2 Å². The highest BCUT2D eigenvalue weighted by atomic mass is 32.2. The fraction of sp³-hybridized carbons (Fsp3) is 0.217. The molecule has 0 saturated heterocycles. The molecule has 0 aliphatic heterocycles. The zero-order valence-corrected chi connectivity index (χ0v) is 20.2. The number of nitrogen functional groups attached to an aromatic ring is 1. The van der Waals surface area contributed by atoms with Crippen LogP contribution in [0, 0.1) is 11.6 Å². The molecule has 2 aromatic heterocycles. The molecule has 194 valence electrons. The molecule has 0 fully saturated rings. The molecule has 0 aliphatic carbocycles. The van der Waals surface area contributed by atoms with Crippen LogP contribution in [-0.2, 0) is 15.8 Å². The number of nitrogens with two attached hydrogens (primary N) is 1. The fourth-order valence-corrected chi connectivity index (χ4v) is 4.87. The Morgan fingerprint density at radius 1 is 1.05 bits per heavy atom. The lowest BCUT2D eigenvalue weighted by atomic mass is 10.1. The second-order valence-corrected chi connectivity index (χ2v) is 10.1. The summed E-state index contributed by atoms with van der Waals surface area (Å²) in [6, 6.07) is 5.61. The molecule has 0 spiro atoms. The van der Waals surface area contributed by atoms with E-state index < -0.39 is 51.1 Å². The van der Waals surface area contributed by atoms with E-state index in [0.29, 0.717) is 0 Å². The number of hydrogen-bond donors (Lipinski definition) is 2. The van der Waals surface area contributed by atoms with Crippen molar-refractivity contribution >= 4 is 32.8 Å². The van der Waals surface area contributed by atoms with Crippen molar-refractivity contribution < 1.29 is 26.0 Å². The smallest absolute Gasteiger partial charge is 0.278 e. The summed E-state index contributed by atoms with van der Waals surface area (Å²) >= 11 is 0. The zero-order valence-electron chi connectivity index (χ0n) is 19.4. The number of hydrogen-bond acceptors (Lipinski definition) is 7. The van der Waals surface area contributed by atoms with Crippen LogP contribution in [0.5, 0.6) is 0 Å². The lowest BCUT2D eigenvalue weighted by molar-refractivity contribution is 0.151. The van der Waals surface area contributed by atoms with Gasteiger partial charge in [0.25, 0.3) is 12.0 Å². The first-order valence-corrected chi connectivity index (χ1v) is 12.4. The van der Waals surface area contributed by atoms with E-state index in [1.807, 2.05) is 4.72 Å². The first kappa shape index (κ1) is 26.0. The molecule has 37 heavy (non-hydrogen) atoms. The summed E-state index contributed by atoms with van der Waals surface area (Å²) in [6.45, 7) is 3.39. The van der Waals surface area contributed by atoms with Crippen LogP contribution in [0.2, 0.25) is 0 Å². The van der Waals surface area contributed by atoms with E-state index in [4.69, 9.17) is 5.73 Å². The summed E-state index contributed by atoms with van der Waals surface area (Å²) in [5.74, 6) is -3.39. The van der Waals surface area contributed by atoms with Crippen LogP contribution in [0.1, 0.15) is 37.4 Å². The van der Waals surface area contributed by atoms with Crippen molar-refractivity contribution in [1.29, 1.82) is 0 Å². The molecule has 0 saturated carbocycles. The Hall–Kier alpha value is -4.07. The Morgan fingerprint density at radius 3 is 2.24 bits per heavy atom. The SMILES string of the molecule is CC(C)n1c(=O)c(-c2cc(F)c(NS(=O)(=O)Cc3ccc(C(F)F)cc3)c(F)c2)nc2cnc(N)nc21. The van der Waals surface area contributed by atoms with Gasteiger partial charge >= 0.3 is 0 Å². The van der Waals surface area contributed by atoms with E-state index in [0.717, 1.165) is 24.3 Å². The average Bonchev–Trinajstić information content (AvgIpc) is 2.80. The summed E-state index contributed by atoms with van der Waals surface area (Å²) in [7, 11) is -4.33. The van der Waals surface area contributed by atoms with Crippen LogP contribution in [-0.4, -0.2) is 27.9 Å². The minimum absolute atomic E-state index is 0.0884. The number of halogens is 4. The molecule has 0 radical (unpaired) electrons. The Kier molecular flexibility index (Phi) is 6.86. The van der Waals surface area contributed by atoms with Crippen molar-refractivity contribution in [3.8, 4) is 11.3 Å². The maximum absolute atomic E-state index is 14.9. The molecular weight excluding hydrogens is 516 g/mol. The second-order valence-electron chi connectivity index (χ2n) is 8.38. The van der Waals surface area contributed by atoms with Gasteiger partial charge in [0.15, 0.2) is 17.3 Å². The third-order valence-electron chi connectivity index (χ3n) is 5.33. The third-order valence-corrected chi connectivity index (χ3v) is 6.56. The van der Waals surface area contributed by atoms with E-state index in [1.54, 1.807) is 13.8 Å². The number of fused-ring (bicyclic) bond motifs is 1. The number of nitrogens with one attached hydrogen (secondary N) is 1. The van der Waals surface area contributed by atoms with Gasteiger partial charge in [-0.3, -0.25) is 14.1 Å². The molecule has 0 amide bonds. The van der Waals surface area contributed by atoms with Crippen LogP contribution in [0.15, 0.2) is 47.4 Å². The minimum atomic E-state index is -4.33. The van der Waals surface area contributed by atoms with Crippen LogP contribution in [0.3, 0.4) is 0 Å². The maximum atomic E-state index is 14.9. The zero-order chi connectivity index (χ0) is 27.1. The lowest BCUT2D eigenvalue weighted by Gasteiger charge is -2.15. The van der Waals surface area contributed by atoms with Crippen molar-refractivity contribution in [1.82, 2.24) is 19.5 Å². The van der Waals surface area contributed by atoms with Gasteiger partial charge in [0.2, 0.25) is 16.0 Å². The molecule has 0 bridgehead atoms. The first-order valence-electron chi connectivity index (χ1n) is 10.8. The van der Waals surface area contributed by atoms with Gasteiger partial charge < -0.3 is 5.73 Å². The maximum Gasteiger partial charge on any atom is 0.278 e. The molecule has 14 heteroatoms. The molecule has 2 aromatic carbocycles. The molecule has 3 N–H and O–H groups in total. The minimum Gasteiger partial charge on any atom is -0.368 e. The summed E-state index contributed by atoms with van der Waals surface area (Å²) in [5.41, 5.74) is 3.55. The normalized spacial score (nSPS) is 12.0. The Bertz CT molecular complexity index is 1640. The predicted octanol–water partition coefficient (Wildman–Crippen LogP) is 4.17. The highest BCUT2D eigenvalue weighted by Gasteiger charge is 2.22. The second kappa shape index (κ2) is 9.76. The first-order chi connectivity index (χ1) is 17.4. The van der Waals surface area contributed by atoms with E-state index in [2.05, 4.69) is 15.0 Å². The molecule has 4 aromatic rings. The van der Waals surface area contributed by atoms with E-state index in [1.165, 1.54) is 22.9 Å². The van der Waals surface area contributed by atoms with Gasteiger partial charge in [-0.15, -0.1) is 0 Å². The third kappa shape index (κ3) is 5.38. The van der Waals surface area contributed by atoms with E-state index in [-0.39, 0.29) is 39.5 Å².